The van der Waals surface area contributed by atoms with Crippen molar-refractivity contribution >= 4 is 11.8 Å². The van der Waals surface area contributed by atoms with Crippen LogP contribution in [0.4, 0.5) is 0 Å². The molecule has 1 aliphatic carbocycles. The van der Waals surface area contributed by atoms with E-state index in [4.69, 9.17) is 18.9 Å². The summed E-state index contributed by atoms with van der Waals surface area (Å²) in [5, 5.41) is 3.40. The van der Waals surface area contributed by atoms with E-state index in [9.17, 15) is 9.59 Å². The Morgan fingerprint density at radius 1 is 0.875 bits per heavy atom. The molecule has 0 amide bonds. The molecule has 40 heavy (non-hydrogen) atoms. The number of esters is 1. The third kappa shape index (κ3) is 5.59. The largest absolute Gasteiger partial charge is 0.497 e. The van der Waals surface area contributed by atoms with Crippen molar-refractivity contribution in [2.24, 2.45) is 0 Å². The Kier molecular flexibility index (Phi) is 8.20. The summed E-state index contributed by atoms with van der Waals surface area (Å²) in [7, 11) is 3.15. The van der Waals surface area contributed by atoms with Crippen LogP contribution in [0.25, 0.3) is 0 Å². The summed E-state index contributed by atoms with van der Waals surface area (Å²) >= 11 is 0. The minimum Gasteiger partial charge on any atom is -0.497 e. The molecular weight excluding hydrogens is 506 g/mol. The summed E-state index contributed by atoms with van der Waals surface area (Å²) in [5.41, 5.74) is 4.26. The SMILES string of the molecule is COc1ccc([C@@H]2C(C(=O)OCCOc3ccccc3)=C(C)NC3=C2C(=O)C[C@@H](c2ccccc2)C3)c(OC)c1. The van der Waals surface area contributed by atoms with Crippen molar-refractivity contribution in [3.63, 3.8) is 0 Å². The Morgan fingerprint density at radius 2 is 1.60 bits per heavy atom. The van der Waals surface area contributed by atoms with Crippen LogP contribution in [-0.4, -0.2) is 39.2 Å². The van der Waals surface area contributed by atoms with Crippen molar-refractivity contribution in [2.75, 3.05) is 27.4 Å². The predicted molar refractivity (Wildman–Crippen MR) is 151 cm³/mol. The first-order valence-electron chi connectivity index (χ1n) is 13.4. The number of ketones is 1. The van der Waals surface area contributed by atoms with Crippen LogP contribution in [-0.2, 0) is 14.3 Å². The van der Waals surface area contributed by atoms with Gasteiger partial charge in [0.25, 0.3) is 0 Å². The van der Waals surface area contributed by atoms with Crippen molar-refractivity contribution in [3.05, 3.63) is 113 Å². The van der Waals surface area contributed by atoms with Gasteiger partial charge in [0, 0.05) is 35.0 Å². The van der Waals surface area contributed by atoms with Gasteiger partial charge in [0.1, 0.15) is 30.5 Å². The van der Waals surface area contributed by atoms with Gasteiger partial charge in [0.15, 0.2) is 5.78 Å². The number of rotatable bonds is 9. The highest BCUT2D eigenvalue weighted by Crippen LogP contribution is 2.48. The lowest BCUT2D eigenvalue weighted by atomic mass is 9.71. The lowest BCUT2D eigenvalue weighted by Gasteiger charge is -2.37. The van der Waals surface area contributed by atoms with Crippen LogP contribution in [0.5, 0.6) is 17.2 Å². The van der Waals surface area contributed by atoms with Gasteiger partial charge in [0.05, 0.1) is 25.7 Å². The molecule has 0 unspecified atom stereocenters. The number of carbonyl (C=O) groups excluding carboxylic acids is 2. The summed E-state index contributed by atoms with van der Waals surface area (Å²) in [5.74, 6) is 0.737. The second-order valence-electron chi connectivity index (χ2n) is 9.83. The first-order chi connectivity index (χ1) is 19.5. The average Bonchev–Trinajstić information content (AvgIpc) is 2.99. The molecule has 0 aromatic heterocycles. The molecule has 3 aromatic rings. The number of para-hydroxylation sites is 1. The second-order valence-corrected chi connectivity index (χ2v) is 9.83. The lowest BCUT2D eigenvalue weighted by molar-refractivity contribution is -0.140. The number of benzene rings is 3. The molecule has 0 radical (unpaired) electrons. The number of methoxy groups -OCH3 is 2. The van der Waals surface area contributed by atoms with E-state index in [1.165, 1.54) is 0 Å². The van der Waals surface area contributed by atoms with Crippen molar-refractivity contribution in [3.8, 4) is 17.2 Å². The summed E-state index contributed by atoms with van der Waals surface area (Å²) in [6, 6.07) is 24.8. The van der Waals surface area contributed by atoms with Crippen molar-refractivity contribution < 1.29 is 28.5 Å². The molecule has 0 spiro atoms. The highest BCUT2D eigenvalue weighted by atomic mass is 16.6. The molecule has 5 rings (SSSR count). The van der Waals surface area contributed by atoms with Gasteiger partial charge in [0.2, 0.25) is 0 Å². The van der Waals surface area contributed by atoms with Crippen LogP contribution in [0.15, 0.2) is 101 Å². The molecule has 2 aliphatic rings. The Hall–Kier alpha value is -4.52. The highest BCUT2D eigenvalue weighted by Gasteiger charge is 2.42. The number of hydrogen-bond acceptors (Lipinski definition) is 7. The smallest absolute Gasteiger partial charge is 0.336 e. The van der Waals surface area contributed by atoms with Gasteiger partial charge >= 0.3 is 5.97 Å². The molecule has 0 bridgehead atoms. The second kappa shape index (κ2) is 12.1. The number of allylic oxidation sites excluding steroid dienone is 3. The zero-order valence-electron chi connectivity index (χ0n) is 22.9. The molecule has 2 atom stereocenters. The molecule has 206 valence electrons. The third-order valence-electron chi connectivity index (χ3n) is 7.40. The van der Waals surface area contributed by atoms with Crippen LogP contribution >= 0.6 is 0 Å². The zero-order valence-corrected chi connectivity index (χ0v) is 22.9. The molecule has 1 aliphatic heterocycles. The van der Waals surface area contributed by atoms with E-state index in [1.54, 1.807) is 20.3 Å². The van der Waals surface area contributed by atoms with Gasteiger partial charge in [-0.05, 0) is 43.0 Å². The fourth-order valence-corrected chi connectivity index (χ4v) is 5.53. The van der Waals surface area contributed by atoms with E-state index >= 15 is 0 Å². The molecule has 0 saturated heterocycles. The molecular formula is C33H33NO6. The number of ether oxygens (including phenoxy) is 4. The standard InChI is InChI=1S/C33H33NO6/c1-21-30(33(36)40-17-16-39-24-12-8-5-9-13-24)31(26-15-14-25(37-2)20-29(26)38-3)32-27(34-21)18-23(19-28(32)35)22-10-6-4-7-11-22/h4-15,20,23,31,34H,16-19H2,1-3H3/t23-,31+/m0/s1. The molecule has 1 heterocycles. The molecule has 7 heteroatoms. The number of hydrogen-bond donors (Lipinski definition) is 1. The van der Waals surface area contributed by atoms with E-state index in [0.717, 1.165) is 11.3 Å². The molecule has 3 aromatic carbocycles. The Bertz CT molecular complexity index is 1440. The van der Waals surface area contributed by atoms with Gasteiger partial charge in [-0.25, -0.2) is 4.79 Å². The van der Waals surface area contributed by atoms with E-state index < -0.39 is 11.9 Å². The van der Waals surface area contributed by atoms with Crippen LogP contribution in [0, 0.1) is 0 Å². The Labute approximate surface area is 234 Å². The van der Waals surface area contributed by atoms with Gasteiger partial charge in [-0.15, -0.1) is 0 Å². The topological polar surface area (TPSA) is 83.1 Å². The van der Waals surface area contributed by atoms with Crippen LogP contribution in [0.3, 0.4) is 0 Å². The van der Waals surface area contributed by atoms with E-state index in [0.29, 0.717) is 52.5 Å². The predicted octanol–water partition coefficient (Wildman–Crippen LogP) is 5.69. The van der Waals surface area contributed by atoms with Gasteiger partial charge in [-0.3, -0.25) is 4.79 Å². The Morgan fingerprint density at radius 3 is 2.30 bits per heavy atom. The van der Waals surface area contributed by atoms with Crippen molar-refractivity contribution in [1.29, 1.82) is 0 Å². The minimum atomic E-state index is -0.649. The maximum Gasteiger partial charge on any atom is 0.336 e. The van der Waals surface area contributed by atoms with E-state index in [-0.39, 0.29) is 24.9 Å². The highest BCUT2D eigenvalue weighted by molar-refractivity contribution is 6.04. The first-order valence-corrected chi connectivity index (χ1v) is 13.4. The summed E-state index contributed by atoms with van der Waals surface area (Å²) in [4.78, 5) is 27.5. The van der Waals surface area contributed by atoms with Gasteiger partial charge in [-0.1, -0.05) is 54.6 Å². The average molecular weight is 540 g/mol. The maximum absolute atomic E-state index is 13.9. The van der Waals surface area contributed by atoms with Gasteiger partial charge in [-0.2, -0.15) is 0 Å². The molecule has 0 fully saturated rings. The molecule has 7 nitrogen and oxygen atoms in total. The fraction of sp³-hybridized carbons (Fsp3) is 0.273. The van der Waals surface area contributed by atoms with Crippen LogP contribution < -0.4 is 19.5 Å². The summed E-state index contributed by atoms with van der Waals surface area (Å²) in [6.45, 7) is 2.12. The number of carbonyl (C=O) groups is 2. The van der Waals surface area contributed by atoms with Gasteiger partial charge < -0.3 is 24.3 Å². The van der Waals surface area contributed by atoms with Crippen molar-refractivity contribution in [1.82, 2.24) is 5.32 Å². The summed E-state index contributed by atoms with van der Waals surface area (Å²) in [6.07, 6.45) is 1.01. The normalized spacial score (nSPS) is 18.5. The van der Waals surface area contributed by atoms with Crippen LogP contribution in [0.2, 0.25) is 0 Å². The third-order valence-corrected chi connectivity index (χ3v) is 7.40. The number of nitrogens with one attached hydrogen (secondary N) is 1. The van der Waals surface area contributed by atoms with E-state index in [2.05, 4.69) is 17.4 Å². The lowest BCUT2D eigenvalue weighted by Crippen LogP contribution is -2.36. The Balaban J connectivity index is 1.47. The van der Waals surface area contributed by atoms with Crippen molar-refractivity contribution in [2.45, 2.75) is 31.6 Å². The molecule has 1 N–H and O–H groups in total. The quantitative estimate of drug-likeness (QED) is 0.276. The fourth-order valence-electron chi connectivity index (χ4n) is 5.53. The number of Topliss-reactive ketones (excluding diaryl/α,β-unsaturated/α-hetero) is 1. The first kappa shape index (κ1) is 27.1. The van der Waals surface area contributed by atoms with E-state index in [1.807, 2.05) is 67.6 Å². The number of dihydropyridines is 1. The summed E-state index contributed by atoms with van der Waals surface area (Å²) < 4.78 is 22.5. The molecule has 0 saturated carbocycles. The minimum absolute atomic E-state index is 0.00400. The zero-order chi connectivity index (χ0) is 28.1. The monoisotopic (exact) mass is 539 g/mol. The maximum atomic E-state index is 13.9. The van der Waals surface area contributed by atoms with Crippen LogP contribution in [0.1, 0.15) is 42.7 Å².